The van der Waals surface area contributed by atoms with Crippen LogP contribution < -0.4 is 0 Å². The minimum Gasteiger partial charge on any atom is -0.481 e. The third kappa shape index (κ3) is 4.39. The average molecular weight is 234 g/mol. The number of ketones is 1. The molecule has 0 spiro atoms. The number of hydrogen-bond acceptors (Lipinski definition) is 2. The van der Waals surface area contributed by atoms with Crippen LogP contribution in [0.2, 0.25) is 0 Å². The first kappa shape index (κ1) is 13.4. The molecule has 1 aromatic carbocycles. The Bertz CT molecular complexity index is 370. The number of aliphatic carboxylic acids is 1. The molecule has 1 N–H and O–H groups in total. The van der Waals surface area contributed by atoms with E-state index in [9.17, 15) is 9.59 Å². The van der Waals surface area contributed by atoms with Gasteiger partial charge in [-0.3, -0.25) is 9.59 Å². The Hall–Kier alpha value is -1.64. The number of hydrogen-bond donors (Lipinski definition) is 1. The fourth-order valence-corrected chi connectivity index (χ4v) is 1.83. The molecule has 3 nitrogen and oxygen atoms in total. The van der Waals surface area contributed by atoms with Gasteiger partial charge >= 0.3 is 5.97 Å². The summed E-state index contributed by atoms with van der Waals surface area (Å²) in [5.41, 5.74) is 0.606. The maximum Gasteiger partial charge on any atom is 0.304 e. The van der Waals surface area contributed by atoms with Gasteiger partial charge < -0.3 is 5.11 Å². The highest BCUT2D eigenvalue weighted by molar-refractivity contribution is 5.99. The van der Waals surface area contributed by atoms with Crippen molar-refractivity contribution in [2.24, 2.45) is 5.92 Å². The van der Waals surface area contributed by atoms with Gasteiger partial charge in [0.1, 0.15) is 0 Å². The highest BCUT2D eigenvalue weighted by Crippen LogP contribution is 2.18. The van der Waals surface area contributed by atoms with Gasteiger partial charge in [0, 0.05) is 11.5 Å². The van der Waals surface area contributed by atoms with E-state index in [-0.39, 0.29) is 12.2 Å². The van der Waals surface area contributed by atoms with Gasteiger partial charge in [0.25, 0.3) is 0 Å². The minimum atomic E-state index is -0.907. The zero-order chi connectivity index (χ0) is 12.7. The van der Waals surface area contributed by atoms with Crippen LogP contribution in [0.4, 0.5) is 0 Å². The van der Waals surface area contributed by atoms with E-state index in [2.05, 4.69) is 0 Å². The molecule has 92 valence electrons. The summed E-state index contributed by atoms with van der Waals surface area (Å²) in [6.07, 6.45) is 2.43. The zero-order valence-corrected chi connectivity index (χ0v) is 10.1. The van der Waals surface area contributed by atoms with Crippen LogP contribution >= 0.6 is 0 Å². The molecular weight excluding hydrogens is 216 g/mol. The molecule has 0 radical (unpaired) electrons. The Morgan fingerprint density at radius 1 is 1.24 bits per heavy atom. The van der Waals surface area contributed by atoms with Crippen LogP contribution in [0.15, 0.2) is 30.3 Å². The van der Waals surface area contributed by atoms with Gasteiger partial charge in [0.05, 0.1) is 6.42 Å². The van der Waals surface area contributed by atoms with E-state index >= 15 is 0 Å². The summed E-state index contributed by atoms with van der Waals surface area (Å²) in [6, 6.07) is 8.91. The van der Waals surface area contributed by atoms with Crippen LogP contribution in [0.3, 0.4) is 0 Å². The molecule has 1 unspecified atom stereocenters. The van der Waals surface area contributed by atoms with Crippen molar-refractivity contribution in [3.63, 3.8) is 0 Å². The van der Waals surface area contributed by atoms with E-state index in [4.69, 9.17) is 5.11 Å². The van der Waals surface area contributed by atoms with Gasteiger partial charge in [-0.2, -0.15) is 0 Å². The van der Waals surface area contributed by atoms with Gasteiger partial charge in [0.2, 0.25) is 0 Å². The van der Waals surface area contributed by atoms with Crippen LogP contribution in [-0.2, 0) is 4.79 Å². The van der Waals surface area contributed by atoms with E-state index in [1.807, 2.05) is 13.0 Å². The minimum absolute atomic E-state index is 0.0542. The maximum absolute atomic E-state index is 12.1. The van der Waals surface area contributed by atoms with E-state index in [1.54, 1.807) is 24.3 Å². The zero-order valence-electron chi connectivity index (χ0n) is 10.1. The lowest BCUT2D eigenvalue weighted by Crippen LogP contribution is -2.18. The van der Waals surface area contributed by atoms with Gasteiger partial charge in [0.15, 0.2) is 5.78 Å². The molecule has 0 heterocycles. The highest BCUT2D eigenvalue weighted by atomic mass is 16.4. The van der Waals surface area contributed by atoms with Crippen LogP contribution in [0.5, 0.6) is 0 Å². The molecule has 17 heavy (non-hydrogen) atoms. The smallest absolute Gasteiger partial charge is 0.304 e. The Morgan fingerprint density at radius 2 is 1.88 bits per heavy atom. The molecule has 0 aliphatic carbocycles. The summed E-state index contributed by atoms with van der Waals surface area (Å²) in [5.74, 6) is -1.35. The lowest BCUT2D eigenvalue weighted by Gasteiger charge is -2.13. The second-order valence-electron chi connectivity index (χ2n) is 4.17. The van der Waals surface area contributed by atoms with Crippen LogP contribution in [0.1, 0.15) is 43.0 Å². The van der Waals surface area contributed by atoms with Gasteiger partial charge in [-0.05, 0) is 6.42 Å². The number of rotatable bonds is 7. The van der Waals surface area contributed by atoms with Gasteiger partial charge in [-0.25, -0.2) is 0 Å². The molecule has 1 aromatic rings. The summed E-state index contributed by atoms with van der Waals surface area (Å²) in [5, 5.41) is 8.83. The lowest BCUT2D eigenvalue weighted by atomic mass is 9.90. The fourth-order valence-electron chi connectivity index (χ4n) is 1.83. The summed E-state index contributed by atoms with van der Waals surface area (Å²) < 4.78 is 0. The SMILES string of the molecule is CCCCC(CC(=O)O)C(=O)c1ccccc1. The van der Waals surface area contributed by atoms with Crippen LogP contribution in [-0.4, -0.2) is 16.9 Å². The van der Waals surface area contributed by atoms with Crippen molar-refractivity contribution in [3.05, 3.63) is 35.9 Å². The third-order valence-corrected chi connectivity index (χ3v) is 2.76. The molecule has 3 heteroatoms. The molecule has 0 aliphatic rings. The summed E-state index contributed by atoms with van der Waals surface area (Å²) in [4.78, 5) is 22.9. The van der Waals surface area contributed by atoms with Gasteiger partial charge in [-0.1, -0.05) is 50.1 Å². The highest BCUT2D eigenvalue weighted by Gasteiger charge is 2.22. The second kappa shape index (κ2) is 6.84. The Labute approximate surface area is 101 Å². The van der Waals surface area contributed by atoms with Crippen molar-refractivity contribution in [1.82, 2.24) is 0 Å². The van der Waals surface area contributed by atoms with E-state index < -0.39 is 11.9 Å². The molecule has 1 atom stereocenters. The normalized spacial score (nSPS) is 12.1. The number of unbranched alkanes of at least 4 members (excludes halogenated alkanes) is 1. The van der Waals surface area contributed by atoms with Crippen molar-refractivity contribution < 1.29 is 14.7 Å². The first-order chi connectivity index (χ1) is 8.15. The molecular formula is C14H18O3. The predicted octanol–water partition coefficient (Wildman–Crippen LogP) is 3.15. The molecule has 0 fully saturated rings. The molecule has 1 rings (SSSR count). The maximum atomic E-state index is 12.1. The first-order valence-electron chi connectivity index (χ1n) is 5.96. The molecule has 0 aliphatic heterocycles. The lowest BCUT2D eigenvalue weighted by molar-refractivity contribution is -0.137. The second-order valence-corrected chi connectivity index (χ2v) is 4.17. The third-order valence-electron chi connectivity index (χ3n) is 2.76. The largest absolute Gasteiger partial charge is 0.481 e. The standard InChI is InChI=1S/C14H18O3/c1-2-3-7-12(10-13(15)16)14(17)11-8-5-4-6-9-11/h4-6,8-9,12H,2-3,7,10H2,1H3,(H,15,16). The Morgan fingerprint density at radius 3 is 2.41 bits per heavy atom. The number of carbonyl (C=O) groups excluding carboxylic acids is 1. The molecule has 0 saturated carbocycles. The van der Waals surface area contributed by atoms with Crippen molar-refractivity contribution in [2.45, 2.75) is 32.6 Å². The average Bonchev–Trinajstić information content (AvgIpc) is 2.34. The van der Waals surface area contributed by atoms with E-state index in [0.717, 1.165) is 12.8 Å². The summed E-state index contributed by atoms with van der Waals surface area (Å²) in [6.45, 7) is 2.03. The van der Waals surface area contributed by atoms with E-state index in [1.165, 1.54) is 0 Å². The number of benzene rings is 1. The van der Waals surface area contributed by atoms with Crippen molar-refractivity contribution in [2.75, 3.05) is 0 Å². The molecule has 0 bridgehead atoms. The predicted molar refractivity (Wildman–Crippen MR) is 66.0 cm³/mol. The van der Waals surface area contributed by atoms with Gasteiger partial charge in [-0.15, -0.1) is 0 Å². The van der Waals surface area contributed by atoms with E-state index in [0.29, 0.717) is 12.0 Å². The van der Waals surface area contributed by atoms with Crippen molar-refractivity contribution in [3.8, 4) is 0 Å². The number of carboxylic acids is 1. The van der Waals surface area contributed by atoms with Crippen molar-refractivity contribution in [1.29, 1.82) is 0 Å². The number of carboxylic acid groups (broad SMARTS) is 1. The molecule has 0 amide bonds. The Balaban J connectivity index is 2.75. The van der Waals surface area contributed by atoms with Crippen LogP contribution in [0, 0.1) is 5.92 Å². The number of Topliss-reactive ketones (excluding diaryl/α,β-unsaturated/α-hetero) is 1. The van der Waals surface area contributed by atoms with Crippen LogP contribution in [0.25, 0.3) is 0 Å². The topological polar surface area (TPSA) is 54.4 Å². The first-order valence-corrected chi connectivity index (χ1v) is 5.96. The summed E-state index contributed by atoms with van der Waals surface area (Å²) in [7, 11) is 0. The fraction of sp³-hybridized carbons (Fsp3) is 0.429. The number of carbonyl (C=O) groups is 2. The monoisotopic (exact) mass is 234 g/mol. The molecule has 0 aromatic heterocycles. The Kier molecular flexibility index (Phi) is 5.40. The quantitative estimate of drug-likeness (QED) is 0.737. The molecule has 0 saturated heterocycles. The summed E-state index contributed by atoms with van der Waals surface area (Å²) >= 11 is 0. The van der Waals surface area contributed by atoms with Crippen molar-refractivity contribution >= 4 is 11.8 Å².